The van der Waals surface area contributed by atoms with E-state index in [1.54, 1.807) is 24.3 Å². The standard InChI is InChI=1S/C17H22ClNO4/c18-14-6-8-15(9-7-14)22-10-11-23-16(20)12-19-17(21)13-4-2-1-3-5-13/h6-9,13H,1-5,10-12H2,(H,19,21). The minimum absolute atomic E-state index is 0.0425. The molecule has 1 aromatic carbocycles. The Morgan fingerprint density at radius 2 is 1.78 bits per heavy atom. The summed E-state index contributed by atoms with van der Waals surface area (Å²) in [7, 11) is 0. The van der Waals surface area contributed by atoms with Crippen LogP contribution in [0.1, 0.15) is 32.1 Å². The highest BCUT2D eigenvalue weighted by Gasteiger charge is 2.21. The van der Waals surface area contributed by atoms with Crippen LogP contribution in [0, 0.1) is 5.92 Å². The quantitative estimate of drug-likeness (QED) is 0.612. The Hall–Kier alpha value is -1.75. The van der Waals surface area contributed by atoms with Gasteiger partial charge in [0, 0.05) is 10.9 Å². The fraction of sp³-hybridized carbons (Fsp3) is 0.529. The van der Waals surface area contributed by atoms with Crippen LogP contribution in [0.25, 0.3) is 0 Å². The highest BCUT2D eigenvalue weighted by Crippen LogP contribution is 2.23. The molecule has 0 aromatic heterocycles. The van der Waals surface area contributed by atoms with Crippen molar-refractivity contribution in [3.63, 3.8) is 0 Å². The van der Waals surface area contributed by atoms with Crippen molar-refractivity contribution in [1.82, 2.24) is 5.32 Å². The summed E-state index contributed by atoms with van der Waals surface area (Å²) in [6.07, 6.45) is 5.19. The fourth-order valence-electron chi connectivity index (χ4n) is 2.57. The van der Waals surface area contributed by atoms with E-state index < -0.39 is 5.97 Å². The second-order valence-corrected chi connectivity index (χ2v) is 6.01. The minimum Gasteiger partial charge on any atom is -0.490 e. The van der Waals surface area contributed by atoms with Crippen molar-refractivity contribution < 1.29 is 19.1 Å². The zero-order valence-electron chi connectivity index (χ0n) is 13.1. The highest BCUT2D eigenvalue weighted by molar-refractivity contribution is 6.30. The van der Waals surface area contributed by atoms with Gasteiger partial charge in [-0.15, -0.1) is 0 Å². The van der Waals surface area contributed by atoms with Gasteiger partial charge in [0.15, 0.2) is 0 Å². The van der Waals surface area contributed by atoms with E-state index in [0.717, 1.165) is 25.7 Å². The van der Waals surface area contributed by atoms with E-state index >= 15 is 0 Å². The topological polar surface area (TPSA) is 64.6 Å². The zero-order valence-corrected chi connectivity index (χ0v) is 13.8. The summed E-state index contributed by atoms with van der Waals surface area (Å²) in [5.41, 5.74) is 0. The minimum atomic E-state index is -0.450. The van der Waals surface area contributed by atoms with Gasteiger partial charge in [-0.05, 0) is 37.1 Å². The molecule has 23 heavy (non-hydrogen) atoms. The molecule has 6 heteroatoms. The first kappa shape index (κ1) is 17.6. The number of amides is 1. The molecule has 1 saturated carbocycles. The van der Waals surface area contributed by atoms with Crippen LogP contribution in [0.5, 0.6) is 5.75 Å². The summed E-state index contributed by atoms with van der Waals surface area (Å²) in [5, 5.41) is 3.28. The maximum atomic E-state index is 11.9. The van der Waals surface area contributed by atoms with Crippen molar-refractivity contribution >= 4 is 23.5 Å². The molecule has 2 rings (SSSR count). The van der Waals surface area contributed by atoms with Gasteiger partial charge in [-0.2, -0.15) is 0 Å². The second-order valence-electron chi connectivity index (χ2n) is 5.58. The van der Waals surface area contributed by atoms with E-state index in [2.05, 4.69) is 5.32 Å². The molecular weight excluding hydrogens is 318 g/mol. The first-order valence-corrected chi connectivity index (χ1v) is 8.34. The van der Waals surface area contributed by atoms with Crippen LogP contribution in [0.15, 0.2) is 24.3 Å². The van der Waals surface area contributed by atoms with Gasteiger partial charge in [-0.1, -0.05) is 30.9 Å². The summed E-state index contributed by atoms with van der Waals surface area (Å²) in [6.45, 7) is 0.307. The molecule has 0 heterocycles. The molecule has 1 aromatic rings. The van der Waals surface area contributed by atoms with Gasteiger partial charge in [0.2, 0.25) is 5.91 Å². The molecule has 0 saturated heterocycles. The van der Waals surface area contributed by atoms with Crippen LogP contribution in [-0.2, 0) is 14.3 Å². The van der Waals surface area contributed by atoms with Gasteiger partial charge < -0.3 is 14.8 Å². The summed E-state index contributed by atoms with van der Waals surface area (Å²) >= 11 is 5.77. The Labute approximate surface area is 141 Å². The van der Waals surface area contributed by atoms with Crippen molar-refractivity contribution in [3.8, 4) is 5.75 Å². The van der Waals surface area contributed by atoms with Gasteiger partial charge in [0.1, 0.15) is 25.5 Å². The third-order valence-electron chi connectivity index (χ3n) is 3.81. The first-order valence-electron chi connectivity index (χ1n) is 7.97. The predicted octanol–water partition coefficient (Wildman–Crippen LogP) is 2.96. The number of nitrogens with one attached hydrogen (secondary N) is 1. The van der Waals surface area contributed by atoms with Crippen LogP contribution < -0.4 is 10.1 Å². The monoisotopic (exact) mass is 339 g/mol. The number of halogens is 1. The Morgan fingerprint density at radius 1 is 1.09 bits per heavy atom. The van der Waals surface area contributed by atoms with E-state index in [1.807, 2.05) is 0 Å². The number of hydrogen-bond donors (Lipinski definition) is 1. The van der Waals surface area contributed by atoms with Crippen LogP contribution in [0.4, 0.5) is 0 Å². The van der Waals surface area contributed by atoms with Crippen LogP contribution >= 0.6 is 11.6 Å². The van der Waals surface area contributed by atoms with Gasteiger partial charge >= 0.3 is 5.97 Å². The maximum absolute atomic E-state index is 11.9. The van der Waals surface area contributed by atoms with E-state index in [1.165, 1.54) is 6.42 Å². The number of carbonyl (C=O) groups is 2. The lowest BCUT2D eigenvalue weighted by Crippen LogP contribution is -2.36. The average Bonchev–Trinajstić information content (AvgIpc) is 2.59. The van der Waals surface area contributed by atoms with E-state index in [4.69, 9.17) is 21.1 Å². The summed E-state index contributed by atoms with van der Waals surface area (Å²) < 4.78 is 10.4. The third kappa shape index (κ3) is 6.48. The van der Waals surface area contributed by atoms with E-state index in [9.17, 15) is 9.59 Å². The lowest BCUT2D eigenvalue weighted by Gasteiger charge is -2.20. The van der Waals surface area contributed by atoms with Crippen LogP contribution in [0.3, 0.4) is 0 Å². The van der Waals surface area contributed by atoms with Crippen molar-refractivity contribution in [1.29, 1.82) is 0 Å². The molecule has 5 nitrogen and oxygen atoms in total. The Kier molecular flexibility index (Phi) is 7.20. The Morgan fingerprint density at radius 3 is 2.48 bits per heavy atom. The lowest BCUT2D eigenvalue weighted by molar-refractivity contribution is -0.145. The van der Waals surface area contributed by atoms with Crippen molar-refractivity contribution in [2.45, 2.75) is 32.1 Å². The number of carbonyl (C=O) groups excluding carboxylic acids is 2. The molecule has 0 bridgehead atoms. The van der Waals surface area contributed by atoms with Crippen LogP contribution in [-0.4, -0.2) is 31.6 Å². The second kappa shape index (κ2) is 9.40. The summed E-state index contributed by atoms with van der Waals surface area (Å²) in [4.78, 5) is 23.5. The fourth-order valence-corrected chi connectivity index (χ4v) is 2.69. The van der Waals surface area contributed by atoms with Crippen molar-refractivity contribution in [2.75, 3.05) is 19.8 Å². The lowest BCUT2D eigenvalue weighted by atomic mass is 9.89. The van der Waals surface area contributed by atoms with Gasteiger partial charge in [0.05, 0.1) is 0 Å². The molecule has 0 spiro atoms. The summed E-state index contributed by atoms with van der Waals surface area (Å²) in [5.74, 6) is 0.216. The molecule has 1 fully saturated rings. The van der Waals surface area contributed by atoms with E-state index in [-0.39, 0.29) is 31.6 Å². The van der Waals surface area contributed by atoms with Crippen molar-refractivity contribution in [2.24, 2.45) is 5.92 Å². The van der Waals surface area contributed by atoms with Gasteiger partial charge in [-0.3, -0.25) is 9.59 Å². The molecule has 1 aliphatic carbocycles. The van der Waals surface area contributed by atoms with Crippen molar-refractivity contribution in [3.05, 3.63) is 29.3 Å². The molecule has 0 unspecified atom stereocenters. The van der Waals surface area contributed by atoms with E-state index in [0.29, 0.717) is 10.8 Å². The average molecular weight is 340 g/mol. The number of esters is 1. The third-order valence-corrected chi connectivity index (χ3v) is 4.06. The normalized spacial score (nSPS) is 15.0. The number of hydrogen-bond acceptors (Lipinski definition) is 4. The molecular formula is C17H22ClNO4. The molecule has 0 atom stereocenters. The van der Waals surface area contributed by atoms with Gasteiger partial charge in [-0.25, -0.2) is 0 Å². The molecule has 0 radical (unpaired) electrons. The predicted molar refractivity (Wildman–Crippen MR) is 87.5 cm³/mol. The molecule has 126 valence electrons. The maximum Gasteiger partial charge on any atom is 0.325 e. The van der Waals surface area contributed by atoms with Gasteiger partial charge in [0.25, 0.3) is 0 Å². The Balaban J connectivity index is 1.56. The molecule has 1 amide bonds. The number of rotatable bonds is 7. The highest BCUT2D eigenvalue weighted by atomic mass is 35.5. The summed E-state index contributed by atoms with van der Waals surface area (Å²) in [6, 6.07) is 6.94. The molecule has 1 aliphatic rings. The number of ether oxygens (including phenoxy) is 2. The SMILES string of the molecule is O=C(CNC(=O)C1CCCCC1)OCCOc1ccc(Cl)cc1. The smallest absolute Gasteiger partial charge is 0.325 e. The largest absolute Gasteiger partial charge is 0.490 e. The Bertz CT molecular complexity index is 512. The first-order chi connectivity index (χ1) is 11.1. The molecule has 1 N–H and O–H groups in total. The zero-order chi connectivity index (χ0) is 16.5. The molecule has 0 aliphatic heterocycles. The number of benzene rings is 1. The van der Waals surface area contributed by atoms with Crippen LogP contribution in [0.2, 0.25) is 5.02 Å².